The zero-order valence-electron chi connectivity index (χ0n) is 17.4. The summed E-state index contributed by atoms with van der Waals surface area (Å²) >= 11 is 8.33. The second kappa shape index (κ2) is 10.5. The third kappa shape index (κ3) is 5.28. The molecule has 0 saturated heterocycles. The maximum atomic E-state index is 14.6. The number of pyridine rings is 1. The molecule has 0 amide bonds. The molecule has 0 radical (unpaired) electrons. The van der Waals surface area contributed by atoms with Crippen molar-refractivity contribution in [2.45, 2.75) is 45.1 Å². The van der Waals surface area contributed by atoms with Crippen LogP contribution in [0.25, 0.3) is 22.4 Å². The van der Waals surface area contributed by atoms with Crippen LogP contribution < -0.4 is 5.32 Å². The van der Waals surface area contributed by atoms with Gasteiger partial charge in [-0.05, 0) is 38.2 Å². The Balaban J connectivity index is 1.57. The number of nitrogens with zero attached hydrogens (tertiary/aromatic N) is 4. The molecule has 0 aromatic carbocycles. The Morgan fingerprint density at radius 3 is 3.03 bits per heavy atom. The van der Waals surface area contributed by atoms with Gasteiger partial charge >= 0.3 is 5.97 Å². The van der Waals surface area contributed by atoms with Crippen LogP contribution in [-0.4, -0.2) is 37.5 Å². The van der Waals surface area contributed by atoms with E-state index in [1.54, 1.807) is 13.1 Å². The van der Waals surface area contributed by atoms with Crippen LogP contribution in [0.1, 0.15) is 39.0 Å². The molecule has 0 bridgehead atoms. The lowest BCUT2D eigenvalue weighted by Crippen LogP contribution is -2.29. The van der Waals surface area contributed by atoms with Gasteiger partial charge in [0.05, 0.1) is 17.8 Å². The topological polar surface area (TPSA) is 81.9 Å². The van der Waals surface area contributed by atoms with Crippen LogP contribution in [0.2, 0.25) is 5.02 Å². The lowest BCUT2D eigenvalue weighted by molar-refractivity contribution is -0.144. The van der Waals surface area contributed by atoms with E-state index < -0.39 is 5.82 Å². The number of hydrogen-bond donors (Lipinski definition) is 1. The number of fused-ring (bicyclic) bond motifs is 1. The Hall–Kier alpha value is -1.66. The first-order chi connectivity index (χ1) is 15.5. The summed E-state index contributed by atoms with van der Waals surface area (Å²) in [4.78, 5) is 25.0. The van der Waals surface area contributed by atoms with Crippen LogP contribution in [0.15, 0.2) is 24.7 Å². The van der Waals surface area contributed by atoms with Crippen molar-refractivity contribution in [3.8, 4) is 11.4 Å². The number of esters is 1. The minimum atomic E-state index is -0.510. The molecule has 2 unspecified atom stereocenters. The van der Waals surface area contributed by atoms with Gasteiger partial charge in [-0.3, -0.25) is 8.77 Å². The Bertz CT molecular complexity index is 1130. The number of carbonyl (C=O) groups excluding carboxylic acids is 1. The zero-order valence-corrected chi connectivity index (χ0v) is 21.1. The fourth-order valence-electron chi connectivity index (χ4n) is 4.14. The predicted octanol–water partition coefficient (Wildman–Crippen LogP) is 6.06. The summed E-state index contributed by atoms with van der Waals surface area (Å²) in [6.07, 6.45) is 8.63. The maximum absolute atomic E-state index is 14.6. The van der Waals surface area contributed by atoms with Crippen LogP contribution >= 0.6 is 41.9 Å². The van der Waals surface area contributed by atoms with Gasteiger partial charge in [-0.25, -0.2) is 19.3 Å². The van der Waals surface area contributed by atoms with Crippen molar-refractivity contribution in [3.63, 3.8) is 0 Å². The van der Waals surface area contributed by atoms with Crippen LogP contribution in [0.5, 0.6) is 0 Å². The summed E-state index contributed by atoms with van der Waals surface area (Å²) in [6.45, 7) is 2.19. The van der Waals surface area contributed by atoms with E-state index in [0.29, 0.717) is 23.9 Å². The van der Waals surface area contributed by atoms with E-state index >= 15 is 0 Å². The van der Waals surface area contributed by atoms with Gasteiger partial charge in [-0.15, -0.1) is 0 Å². The van der Waals surface area contributed by atoms with E-state index in [0.717, 1.165) is 42.3 Å². The molecule has 1 aliphatic rings. The summed E-state index contributed by atoms with van der Waals surface area (Å²) in [7, 11) is 1.46. The van der Waals surface area contributed by atoms with E-state index in [-0.39, 0.29) is 23.7 Å². The van der Waals surface area contributed by atoms with Crippen molar-refractivity contribution in [1.82, 2.24) is 18.9 Å². The Morgan fingerprint density at radius 1 is 1.41 bits per heavy atom. The van der Waals surface area contributed by atoms with Crippen LogP contribution in [0.4, 0.5) is 10.2 Å². The van der Waals surface area contributed by atoms with Gasteiger partial charge in [-0.1, -0.05) is 18.0 Å². The third-order valence-electron chi connectivity index (χ3n) is 5.52. The van der Waals surface area contributed by atoms with Crippen molar-refractivity contribution in [2.24, 2.45) is 5.92 Å². The molecule has 11 heteroatoms. The van der Waals surface area contributed by atoms with Gasteiger partial charge in [0.15, 0.2) is 23.1 Å². The minimum Gasteiger partial charge on any atom is -0.466 e. The van der Waals surface area contributed by atoms with Gasteiger partial charge in [0.2, 0.25) is 0 Å². The molecule has 2 atom stereocenters. The number of rotatable bonds is 7. The van der Waals surface area contributed by atoms with Crippen LogP contribution in [-0.2, 0) is 9.53 Å². The minimum absolute atomic E-state index is 0.0304. The summed E-state index contributed by atoms with van der Waals surface area (Å²) in [5.41, 5.74) is 1.46. The number of anilines is 1. The normalized spacial score (nSPS) is 18.6. The van der Waals surface area contributed by atoms with Crippen molar-refractivity contribution < 1.29 is 13.9 Å². The van der Waals surface area contributed by atoms with E-state index in [2.05, 4.69) is 41.5 Å². The molecule has 1 aliphatic carbocycles. The van der Waals surface area contributed by atoms with Crippen LogP contribution in [0.3, 0.4) is 0 Å². The molecule has 1 N–H and O–H groups in total. The average Bonchev–Trinajstić information content (AvgIpc) is 3.13. The smallest absolute Gasteiger partial charge is 0.306 e. The second-order valence-corrected chi connectivity index (χ2v) is 9.89. The van der Waals surface area contributed by atoms with Crippen molar-refractivity contribution in [2.75, 3.05) is 11.9 Å². The molecule has 7 nitrogen and oxygen atoms in total. The largest absolute Gasteiger partial charge is 0.466 e. The number of ether oxygens (including phenoxy) is 1. The van der Waals surface area contributed by atoms with Gasteiger partial charge in [-0.2, -0.15) is 0 Å². The SMILES string of the molecule is CCOC(=O)CC1CCCC(Nc2nc(-c3cn(SI)c4ncc(Cl)cc34)ncc2F)C1. The number of aromatic nitrogens is 4. The maximum Gasteiger partial charge on any atom is 0.306 e. The second-order valence-electron chi connectivity index (χ2n) is 7.74. The zero-order chi connectivity index (χ0) is 22.7. The van der Waals surface area contributed by atoms with Gasteiger partial charge in [0, 0.05) is 66.1 Å². The highest BCUT2D eigenvalue weighted by Gasteiger charge is 2.26. The van der Waals surface area contributed by atoms with Crippen molar-refractivity contribution in [1.29, 1.82) is 0 Å². The summed E-state index contributed by atoms with van der Waals surface area (Å²) in [6, 6.07) is 1.84. The van der Waals surface area contributed by atoms with Crippen molar-refractivity contribution in [3.05, 3.63) is 35.5 Å². The molecule has 32 heavy (non-hydrogen) atoms. The first kappa shape index (κ1) is 23.5. The first-order valence-corrected chi connectivity index (χ1v) is 14.1. The fraction of sp³-hybridized carbons (Fsp3) is 0.429. The molecule has 4 rings (SSSR count). The first-order valence-electron chi connectivity index (χ1n) is 10.4. The number of halogens is 3. The highest BCUT2D eigenvalue weighted by molar-refractivity contribution is 14.2. The predicted molar refractivity (Wildman–Crippen MR) is 133 cm³/mol. The molecule has 1 saturated carbocycles. The molecule has 0 aliphatic heterocycles. The Kier molecular flexibility index (Phi) is 7.72. The van der Waals surface area contributed by atoms with Crippen molar-refractivity contribution >= 4 is 64.7 Å². The summed E-state index contributed by atoms with van der Waals surface area (Å²) in [5, 5.41) is 4.54. The Morgan fingerprint density at radius 2 is 2.25 bits per heavy atom. The van der Waals surface area contributed by atoms with E-state index in [9.17, 15) is 9.18 Å². The molecular formula is C21H22ClFIN5O2S. The standard InChI is InChI=1S/C21H22ClFIN5O2S/c1-2-31-18(30)7-12-4-3-5-14(6-12)27-20-17(23)10-25-19(28-20)16-11-29(32-24)21-15(16)8-13(22)9-26-21/h8-12,14H,2-7H2,1H3,(H,25,27,28). The molecule has 170 valence electrons. The fourth-order valence-corrected chi connectivity index (χ4v) is 5.55. The lowest BCUT2D eigenvalue weighted by atomic mass is 9.84. The van der Waals surface area contributed by atoms with E-state index in [1.807, 2.05) is 16.2 Å². The van der Waals surface area contributed by atoms with Gasteiger partial charge < -0.3 is 10.1 Å². The number of carbonyl (C=O) groups is 1. The summed E-state index contributed by atoms with van der Waals surface area (Å²) in [5.74, 6) is 0.0901. The van der Waals surface area contributed by atoms with E-state index in [4.69, 9.17) is 16.3 Å². The van der Waals surface area contributed by atoms with Gasteiger partial charge in [0.1, 0.15) is 0 Å². The monoisotopic (exact) mass is 589 g/mol. The quantitative estimate of drug-likeness (QED) is 0.265. The van der Waals surface area contributed by atoms with E-state index in [1.165, 1.54) is 15.3 Å². The number of hydrogen-bond acceptors (Lipinski definition) is 7. The average molecular weight is 590 g/mol. The Labute approximate surface area is 206 Å². The molecule has 3 aromatic heterocycles. The molecule has 1 fully saturated rings. The molecule has 3 aromatic rings. The lowest BCUT2D eigenvalue weighted by Gasteiger charge is -2.29. The highest BCUT2D eigenvalue weighted by Crippen LogP contribution is 2.34. The summed E-state index contributed by atoms with van der Waals surface area (Å²) < 4.78 is 21.6. The van der Waals surface area contributed by atoms with Gasteiger partial charge in [0.25, 0.3) is 0 Å². The molecule has 0 spiro atoms. The molecule has 3 heterocycles. The van der Waals surface area contributed by atoms with Crippen LogP contribution in [0, 0.1) is 11.7 Å². The third-order valence-corrected chi connectivity index (χ3v) is 7.43. The highest BCUT2D eigenvalue weighted by atomic mass is 127. The number of nitrogens with one attached hydrogen (secondary N) is 1. The molecular weight excluding hydrogens is 568 g/mol.